The largest absolute Gasteiger partial charge is 0.470 e. The zero-order chi connectivity index (χ0) is 18.0. The molecule has 0 spiro atoms. The van der Waals surface area contributed by atoms with Gasteiger partial charge in [-0.2, -0.15) is 13.2 Å². The first-order valence-corrected chi connectivity index (χ1v) is 8.44. The van der Waals surface area contributed by atoms with Crippen LogP contribution in [-0.4, -0.2) is 47.7 Å². The lowest BCUT2D eigenvalue weighted by molar-refractivity contribution is -0.155. The molecule has 0 aliphatic carbocycles. The molecule has 1 aromatic carbocycles. The van der Waals surface area contributed by atoms with Gasteiger partial charge >= 0.3 is 12.1 Å². The van der Waals surface area contributed by atoms with Gasteiger partial charge in [-0.15, -0.1) is 5.06 Å². The van der Waals surface area contributed by atoms with Crippen molar-refractivity contribution in [2.75, 3.05) is 19.6 Å². The topological polar surface area (TPSA) is 28.1 Å². The molecule has 2 aliphatic rings. The van der Waals surface area contributed by atoms with E-state index in [0.29, 0.717) is 12.1 Å². The van der Waals surface area contributed by atoms with Gasteiger partial charge in [-0.25, -0.2) is 9.38 Å². The molecule has 2 heterocycles. The minimum absolute atomic E-state index is 0.324. The lowest BCUT2D eigenvalue weighted by Gasteiger charge is -2.33. The minimum atomic E-state index is -4.68. The van der Waals surface area contributed by atoms with Crippen molar-refractivity contribution in [3.05, 3.63) is 35.6 Å². The predicted octanol–water partition coefficient (Wildman–Crippen LogP) is 3.91. The summed E-state index contributed by atoms with van der Waals surface area (Å²) >= 11 is 0. The summed E-state index contributed by atoms with van der Waals surface area (Å²) in [7, 11) is 0. The molecule has 0 amide bonds. The Balaban J connectivity index is 1.80. The summed E-state index contributed by atoms with van der Waals surface area (Å²) in [6.07, 6.45) is -2.33. The lowest BCUT2D eigenvalue weighted by atomic mass is 10.1. The third kappa shape index (κ3) is 4.30. The van der Waals surface area contributed by atoms with Gasteiger partial charge in [0.25, 0.3) is 0 Å². The van der Waals surface area contributed by atoms with Crippen molar-refractivity contribution in [3.8, 4) is 0 Å². The second-order valence-electron chi connectivity index (χ2n) is 6.52. The zero-order valence-electron chi connectivity index (χ0n) is 14.0. The number of hydrogen-bond donors (Lipinski definition) is 0. The van der Waals surface area contributed by atoms with Crippen molar-refractivity contribution in [2.45, 2.75) is 44.6 Å². The van der Waals surface area contributed by atoms with Gasteiger partial charge in [0.1, 0.15) is 5.82 Å². The van der Waals surface area contributed by atoms with Crippen LogP contribution in [-0.2, 0) is 4.84 Å². The van der Waals surface area contributed by atoms with Crippen molar-refractivity contribution in [2.24, 2.45) is 4.99 Å². The molecule has 2 aliphatic heterocycles. The molecule has 8 heteroatoms. The fourth-order valence-corrected chi connectivity index (χ4v) is 3.28. The third-order valence-electron chi connectivity index (χ3n) is 4.47. The normalized spacial score (nSPS) is 24.0. The van der Waals surface area contributed by atoms with Crippen molar-refractivity contribution < 1.29 is 22.4 Å². The fraction of sp³-hybridized carbons (Fsp3) is 0.588. The van der Waals surface area contributed by atoms with Crippen LogP contribution in [0.2, 0.25) is 0 Å². The Morgan fingerprint density at radius 1 is 1.24 bits per heavy atom. The number of likely N-dealkylation sites (tertiary alicyclic amines) is 1. The van der Waals surface area contributed by atoms with Crippen LogP contribution in [0.4, 0.5) is 17.6 Å². The first-order chi connectivity index (χ1) is 11.8. The predicted molar refractivity (Wildman–Crippen MR) is 85.3 cm³/mol. The standard InChI is InChI=1S/C17H21F4N3O/c1-12(11-23-8-3-2-4-9-23)24-15(13-6-5-7-14(18)10-13)22-16(25-24)17(19,20)21/h5-7,10,12,15H,2-4,8-9,11H2,1H3. The van der Waals surface area contributed by atoms with Gasteiger partial charge in [-0.05, 0) is 50.6 Å². The summed E-state index contributed by atoms with van der Waals surface area (Å²) in [4.78, 5) is 10.9. The van der Waals surface area contributed by atoms with E-state index in [4.69, 9.17) is 4.84 Å². The number of rotatable bonds is 4. The first kappa shape index (κ1) is 18.1. The van der Waals surface area contributed by atoms with E-state index in [1.54, 1.807) is 13.0 Å². The molecule has 4 nitrogen and oxygen atoms in total. The SMILES string of the molecule is CC(CN1CCCCC1)N1OC(C(F)(F)F)=NC1c1cccc(F)c1. The number of benzene rings is 1. The van der Waals surface area contributed by atoms with E-state index in [1.165, 1.54) is 29.7 Å². The second-order valence-corrected chi connectivity index (χ2v) is 6.52. The minimum Gasteiger partial charge on any atom is -0.378 e. The van der Waals surface area contributed by atoms with E-state index in [2.05, 4.69) is 9.89 Å². The van der Waals surface area contributed by atoms with E-state index in [-0.39, 0.29) is 6.04 Å². The van der Waals surface area contributed by atoms with Crippen molar-refractivity contribution >= 4 is 5.90 Å². The Kier molecular flexibility index (Phi) is 5.29. The molecule has 2 unspecified atom stereocenters. The molecule has 3 rings (SSSR count). The highest BCUT2D eigenvalue weighted by molar-refractivity contribution is 5.82. The Morgan fingerprint density at radius 2 is 1.96 bits per heavy atom. The Hall–Kier alpha value is -1.67. The maximum Gasteiger partial charge on any atom is 0.470 e. The maximum absolute atomic E-state index is 13.5. The van der Waals surface area contributed by atoms with Crippen LogP contribution < -0.4 is 0 Å². The van der Waals surface area contributed by atoms with Crippen LogP contribution in [0.3, 0.4) is 0 Å². The van der Waals surface area contributed by atoms with Gasteiger partial charge < -0.3 is 9.74 Å². The lowest BCUT2D eigenvalue weighted by Crippen LogP contribution is -2.44. The zero-order valence-corrected chi connectivity index (χ0v) is 14.0. The number of hydroxylamine groups is 2. The van der Waals surface area contributed by atoms with Gasteiger partial charge in [-0.1, -0.05) is 18.6 Å². The molecule has 25 heavy (non-hydrogen) atoms. The molecule has 1 fully saturated rings. The number of hydrogen-bond acceptors (Lipinski definition) is 4. The molecule has 1 aromatic rings. The average molecular weight is 359 g/mol. The van der Waals surface area contributed by atoms with Crippen LogP contribution in [0.1, 0.15) is 37.9 Å². The van der Waals surface area contributed by atoms with Crippen molar-refractivity contribution in [1.82, 2.24) is 9.96 Å². The second kappa shape index (κ2) is 7.29. The molecule has 0 saturated carbocycles. The van der Waals surface area contributed by atoms with Gasteiger partial charge in [0.2, 0.25) is 0 Å². The third-order valence-corrected chi connectivity index (χ3v) is 4.47. The van der Waals surface area contributed by atoms with Gasteiger partial charge in [0.05, 0.1) is 6.04 Å². The van der Waals surface area contributed by atoms with Crippen molar-refractivity contribution in [1.29, 1.82) is 0 Å². The number of nitrogens with zero attached hydrogens (tertiary/aromatic N) is 3. The van der Waals surface area contributed by atoms with Crippen LogP contribution >= 0.6 is 0 Å². The molecule has 0 bridgehead atoms. The smallest absolute Gasteiger partial charge is 0.378 e. The summed E-state index contributed by atoms with van der Waals surface area (Å²) in [6.45, 7) is 4.23. The number of aliphatic imine (C=N–C) groups is 1. The van der Waals surface area contributed by atoms with Gasteiger partial charge in [0, 0.05) is 6.54 Å². The van der Waals surface area contributed by atoms with Crippen LogP contribution in [0, 0.1) is 5.82 Å². The van der Waals surface area contributed by atoms with Gasteiger partial charge in [0.15, 0.2) is 6.17 Å². The van der Waals surface area contributed by atoms with Crippen LogP contribution in [0.5, 0.6) is 0 Å². The summed E-state index contributed by atoms with van der Waals surface area (Å²) in [5.74, 6) is -1.80. The van der Waals surface area contributed by atoms with E-state index < -0.39 is 24.1 Å². The molecule has 0 aromatic heterocycles. The quantitative estimate of drug-likeness (QED) is 0.763. The molecular formula is C17H21F4N3O. The molecule has 138 valence electrons. The van der Waals surface area contributed by atoms with Gasteiger partial charge in [-0.3, -0.25) is 0 Å². The van der Waals surface area contributed by atoms with E-state index in [9.17, 15) is 17.6 Å². The number of piperidine rings is 1. The number of alkyl halides is 3. The molecule has 2 atom stereocenters. The molecular weight excluding hydrogens is 338 g/mol. The Bertz CT molecular complexity index is 629. The first-order valence-electron chi connectivity index (χ1n) is 8.44. The average Bonchev–Trinajstić information content (AvgIpc) is 3.01. The summed E-state index contributed by atoms with van der Waals surface area (Å²) < 4.78 is 52.7. The molecule has 0 radical (unpaired) electrons. The highest BCUT2D eigenvalue weighted by atomic mass is 19.4. The highest BCUT2D eigenvalue weighted by Gasteiger charge is 2.47. The van der Waals surface area contributed by atoms with Crippen molar-refractivity contribution in [3.63, 3.8) is 0 Å². The Labute approximate surface area is 144 Å². The highest BCUT2D eigenvalue weighted by Crippen LogP contribution is 2.35. The van der Waals surface area contributed by atoms with Crippen LogP contribution in [0.25, 0.3) is 0 Å². The fourth-order valence-electron chi connectivity index (χ4n) is 3.28. The van der Waals surface area contributed by atoms with Crippen LogP contribution in [0.15, 0.2) is 29.3 Å². The van der Waals surface area contributed by atoms with E-state index >= 15 is 0 Å². The number of halogens is 4. The summed E-state index contributed by atoms with van der Waals surface area (Å²) in [5, 5.41) is 1.23. The molecule has 1 saturated heterocycles. The van der Waals surface area contributed by atoms with E-state index in [0.717, 1.165) is 25.9 Å². The van der Waals surface area contributed by atoms with E-state index in [1.807, 2.05) is 0 Å². The molecule has 0 N–H and O–H groups in total. The maximum atomic E-state index is 13.5. The summed E-state index contributed by atoms with van der Waals surface area (Å²) in [6, 6.07) is 5.13. The Morgan fingerprint density at radius 3 is 2.60 bits per heavy atom. The monoisotopic (exact) mass is 359 g/mol. The summed E-state index contributed by atoms with van der Waals surface area (Å²) in [5.41, 5.74) is 0.338.